The van der Waals surface area contributed by atoms with Gasteiger partial charge in [0.05, 0.1) is 17.7 Å². The maximum atomic E-state index is 12.2. The molecule has 0 aromatic heterocycles. The van der Waals surface area contributed by atoms with Crippen LogP contribution in [0.15, 0.2) is 48.5 Å². The number of benzene rings is 2. The number of amides is 1. The van der Waals surface area contributed by atoms with Gasteiger partial charge >= 0.3 is 0 Å². The van der Waals surface area contributed by atoms with Gasteiger partial charge in [-0.2, -0.15) is 5.26 Å². The van der Waals surface area contributed by atoms with E-state index in [2.05, 4.69) is 5.32 Å². The summed E-state index contributed by atoms with van der Waals surface area (Å²) in [5.74, 6) is -0.173. The van der Waals surface area contributed by atoms with E-state index in [1.807, 2.05) is 49.3 Å². The lowest BCUT2D eigenvalue weighted by atomic mass is 10.1. The molecule has 118 valence electrons. The number of carbonyl (C=O) groups excluding carboxylic acids is 1. The van der Waals surface area contributed by atoms with Crippen molar-refractivity contribution in [3.05, 3.63) is 70.2 Å². The van der Waals surface area contributed by atoms with Gasteiger partial charge in [0.25, 0.3) is 5.91 Å². The third-order valence-corrected chi connectivity index (χ3v) is 3.96. The maximum absolute atomic E-state index is 12.2. The molecule has 4 nitrogen and oxygen atoms in total. The molecular weight excluding hydrogens is 310 g/mol. The zero-order valence-electron chi connectivity index (χ0n) is 13.1. The van der Waals surface area contributed by atoms with Crippen molar-refractivity contribution in [2.75, 3.05) is 20.6 Å². The molecule has 0 spiro atoms. The van der Waals surface area contributed by atoms with E-state index < -0.39 is 0 Å². The van der Waals surface area contributed by atoms with Crippen LogP contribution in [-0.4, -0.2) is 31.4 Å². The molecule has 0 saturated heterocycles. The topological polar surface area (TPSA) is 56.1 Å². The lowest BCUT2D eigenvalue weighted by Gasteiger charge is -2.26. The highest BCUT2D eigenvalue weighted by Gasteiger charge is 2.18. The van der Waals surface area contributed by atoms with Crippen molar-refractivity contribution in [2.45, 2.75) is 6.04 Å². The average Bonchev–Trinajstić information content (AvgIpc) is 2.56. The summed E-state index contributed by atoms with van der Waals surface area (Å²) in [5.41, 5.74) is 2.03. The second-order valence-corrected chi connectivity index (χ2v) is 5.81. The molecule has 1 amide bonds. The lowest BCUT2D eigenvalue weighted by molar-refractivity contribution is 0.0942. The smallest absolute Gasteiger partial charge is 0.251 e. The molecule has 2 rings (SSSR count). The fraction of sp³-hybridized carbons (Fsp3) is 0.222. The van der Waals surface area contributed by atoms with Gasteiger partial charge < -0.3 is 10.2 Å². The normalized spacial score (nSPS) is 11.8. The number of carbonyl (C=O) groups is 1. The predicted molar refractivity (Wildman–Crippen MR) is 91.4 cm³/mol. The molecule has 1 N–H and O–H groups in total. The van der Waals surface area contributed by atoms with Gasteiger partial charge in [-0.25, -0.2) is 0 Å². The SMILES string of the molecule is CN(C)[C@H](CNC(=O)c1ccc(C#N)cc1)c1ccccc1Cl. The Labute approximate surface area is 141 Å². The minimum atomic E-state index is -0.173. The number of nitriles is 1. The standard InChI is InChI=1S/C18H18ClN3O/c1-22(2)17(15-5-3-4-6-16(15)19)12-21-18(23)14-9-7-13(11-20)8-10-14/h3-10,17H,12H2,1-2H3,(H,21,23)/t17-/m1/s1. The predicted octanol–water partition coefficient (Wildman–Crippen LogP) is 3.24. The van der Waals surface area contributed by atoms with Crippen LogP contribution in [0, 0.1) is 11.3 Å². The van der Waals surface area contributed by atoms with E-state index in [0.29, 0.717) is 22.7 Å². The Bertz CT molecular complexity index is 720. The van der Waals surface area contributed by atoms with Crippen LogP contribution in [-0.2, 0) is 0 Å². The van der Waals surface area contributed by atoms with Crippen molar-refractivity contribution in [1.29, 1.82) is 5.26 Å². The van der Waals surface area contributed by atoms with E-state index in [1.165, 1.54) is 0 Å². The van der Waals surface area contributed by atoms with Gasteiger partial charge in [0.2, 0.25) is 0 Å². The van der Waals surface area contributed by atoms with Crippen molar-refractivity contribution in [3.8, 4) is 6.07 Å². The van der Waals surface area contributed by atoms with Crippen molar-refractivity contribution >= 4 is 17.5 Å². The van der Waals surface area contributed by atoms with Crippen LogP contribution in [0.2, 0.25) is 5.02 Å². The molecule has 23 heavy (non-hydrogen) atoms. The number of likely N-dealkylation sites (N-methyl/N-ethyl adjacent to an activating group) is 1. The number of hydrogen-bond acceptors (Lipinski definition) is 3. The van der Waals surface area contributed by atoms with Crippen LogP contribution in [0.4, 0.5) is 0 Å². The monoisotopic (exact) mass is 327 g/mol. The highest BCUT2D eigenvalue weighted by atomic mass is 35.5. The van der Waals surface area contributed by atoms with Gasteiger partial charge in [0.15, 0.2) is 0 Å². The molecule has 0 aliphatic carbocycles. The Morgan fingerprint density at radius 1 is 1.22 bits per heavy atom. The maximum Gasteiger partial charge on any atom is 0.251 e. The van der Waals surface area contributed by atoms with Crippen LogP contribution in [0.1, 0.15) is 27.5 Å². The number of hydrogen-bond donors (Lipinski definition) is 1. The first-order valence-electron chi connectivity index (χ1n) is 7.22. The first-order valence-corrected chi connectivity index (χ1v) is 7.60. The minimum Gasteiger partial charge on any atom is -0.350 e. The van der Waals surface area contributed by atoms with Gasteiger partial charge in [-0.1, -0.05) is 29.8 Å². The minimum absolute atomic E-state index is 0.0222. The lowest BCUT2D eigenvalue weighted by Crippen LogP contribution is -2.34. The van der Waals surface area contributed by atoms with Crippen molar-refractivity contribution in [2.24, 2.45) is 0 Å². The molecule has 5 heteroatoms. The molecular formula is C18H18ClN3O. The summed E-state index contributed by atoms with van der Waals surface area (Å²) in [6, 6.07) is 16.2. The molecule has 0 unspecified atom stereocenters. The summed E-state index contributed by atoms with van der Waals surface area (Å²) < 4.78 is 0. The Hall–Kier alpha value is -2.35. The van der Waals surface area contributed by atoms with Crippen LogP contribution < -0.4 is 5.32 Å². The Morgan fingerprint density at radius 3 is 2.43 bits per heavy atom. The van der Waals surface area contributed by atoms with E-state index in [-0.39, 0.29) is 11.9 Å². The quantitative estimate of drug-likeness (QED) is 0.917. The molecule has 2 aromatic rings. The summed E-state index contributed by atoms with van der Waals surface area (Å²) in [6.07, 6.45) is 0. The largest absolute Gasteiger partial charge is 0.350 e. The third-order valence-electron chi connectivity index (χ3n) is 3.62. The van der Waals surface area contributed by atoms with E-state index in [0.717, 1.165) is 5.56 Å². The van der Waals surface area contributed by atoms with Gasteiger partial charge in [-0.05, 0) is 50.0 Å². The summed E-state index contributed by atoms with van der Waals surface area (Å²) >= 11 is 6.26. The highest BCUT2D eigenvalue weighted by Crippen LogP contribution is 2.25. The Balaban J connectivity index is 2.08. The number of nitrogens with one attached hydrogen (secondary N) is 1. The molecule has 0 heterocycles. The highest BCUT2D eigenvalue weighted by molar-refractivity contribution is 6.31. The Kier molecular flexibility index (Phi) is 5.75. The van der Waals surface area contributed by atoms with Gasteiger partial charge in [-0.15, -0.1) is 0 Å². The number of halogens is 1. The van der Waals surface area contributed by atoms with Gasteiger partial charge in [0, 0.05) is 17.1 Å². The second-order valence-electron chi connectivity index (χ2n) is 5.40. The number of nitrogens with zero attached hydrogens (tertiary/aromatic N) is 2. The van der Waals surface area contributed by atoms with E-state index in [9.17, 15) is 4.79 Å². The molecule has 0 bridgehead atoms. The molecule has 0 fully saturated rings. The first kappa shape index (κ1) is 17.0. The zero-order valence-corrected chi connectivity index (χ0v) is 13.8. The van der Waals surface area contributed by atoms with Crippen molar-refractivity contribution in [1.82, 2.24) is 10.2 Å². The molecule has 0 saturated carbocycles. The summed E-state index contributed by atoms with van der Waals surface area (Å²) in [4.78, 5) is 14.3. The fourth-order valence-electron chi connectivity index (χ4n) is 2.30. The van der Waals surface area contributed by atoms with E-state index >= 15 is 0 Å². The molecule has 0 radical (unpaired) electrons. The first-order chi connectivity index (χ1) is 11.0. The van der Waals surface area contributed by atoms with E-state index in [4.69, 9.17) is 16.9 Å². The van der Waals surface area contributed by atoms with Crippen LogP contribution >= 0.6 is 11.6 Å². The van der Waals surface area contributed by atoms with Crippen LogP contribution in [0.5, 0.6) is 0 Å². The fourth-order valence-corrected chi connectivity index (χ4v) is 2.57. The molecule has 0 aliphatic rings. The summed E-state index contributed by atoms with van der Waals surface area (Å²) in [6.45, 7) is 0.440. The van der Waals surface area contributed by atoms with Crippen LogP contribution in [0.25, 0.3) is 0 Å². The Morgan fingerprint density at radius 2 is 1.87 bits per heavy atom. The molecule has 0 aliphatic heterocycles. The van der Waals surface area contributed by atoms with E-state index in [1.54, 1.807) is 24.3 Å². The summed E-state index contributed by atoms with van der Waals surface area (Å²) in [5, 5.41) is 12.4. The van der Waals surface area contributed by atoms with Crippen LogP contribution in [0.3, 0.4) is 0 Å². The van der Waals surface area contributed by atoms with Gasteiger partial charge in [0.1, 0.15) is 0 Å². The second kappa shape index (κ2) is 7.77. The molecule has 2 aromatic carbocycles. The zero-order chi connectivity index (χ0) is 16.8. The number of rotatable bonds is 5. The molecule has 1 atom stereocenters. The van der Waals surface area contributed by atoms with Crippen molar-refractivity contribution in [3.63, 3.8) is 0 Å². The third kappa shape index (κ3) is 4.32. The van der Waals surface area contributed by atoms with Crippen molar-refractivity contribution < 1.29 is 4.79 Å². The summed E-state index contributed by atoms with van der Waals surface area (Å²) in [7, 11) is 3.89. The van der Waals surface area contributed by atoms with Gasteiger partial charge in [-0.3, -0.25) is 4.79 Å². The average molecular weight is 328 g/mol.